The molecule has 0 spiro atoms. The van der Waals surface area contributed by atoms with Crippen molar-refractivity contribution in [2.24, 2.45) is 0 Å². The molecule has 0 aliphatic heterocycles. The van der Waals surface area contributed by atoms with Crippen molar-refractivity contribution in [3.63, 3.8) is 0 Å². The molecule has 2 heterocycles. The molecular formula is C18H13ClN4O2S2. The first kappa shape index (κ1) is 17.7. The van der Waals surface area contributed by atoms with Crippen LogP contribution in [0.2, 0.25) is 5.02 Å². The van der Waals surface area contributed by atoms with Crippen LogP contribution in [0.15, 0.2) is 71.2 Å². The van der Waals surface area contributed by atoms with E-state index in [1.807, 2.05) is 12.1 Å². The fourth-order valence-corrected chi connectivity index (χ4v) is 4.51. The lowest BCUT2D eigenvalue weighted by Gasteiger charge is -2.11. The molecule has 0 saturated heterocycles. The predicted octanol–water partition coefficient (Wildman–Crippen LogP) is 4.89. The number of anilines is 3. The van der Waals surface area contributed by atoms with E-state index in [2.05, 4.69) is 20.0 Å². The third kappa shape index (κ3) is 3.87. The van der Waals surface area contributed by atoms with E-state index in [0.717, 1.165) is 22.3 Å². The van der Waals surface area contributed by atoms with Crippen LogP contribution in [0, 0.1) is 0 Å². The molecule has 136 valence electrons. The Labute approximate surface area is 164 Å². The van der Waals surface area contributed by atoms with Gasteiger partial charge >= 0.3 is 0 Å². The van der Waals surface area contributed by atoms with E-state index in [1.54, 1.807) is 54.2 Å². The number of rotatable bonds is 5. The Morgan fingerprint density at radius 2 is 1.78 bits per heavy atom. The molecule has 0 radical (unpaired) electrons. The summed E-state index contributed by atoms with van der Waals surface area (Å²) in [6, 6.07) is 13.8. The summed E-state index contributed by atoms with van der Waals surface area (Å²) >= 11 is 7.24. The van der Waals surface area contributed by atoms with Gasteiger partial charge in [0.25, 0.3) is 10.0 Å². The second kappa shape index (κ2) is 7.15. The average molecular weight is 417 g/mol. The van der Waals surface area contributed by atoms with Gasteiger partial charge in [0.2, 0.25) is 0 Å². The largest absolute Gasteiger partial charge is 0.355 e. The number of pyridine rings is 1. The van der Waals surface area contributed by atoms with Crippen molar-refractivity contribution in [2.45, 2.75) is 4.90 Å². The maximum Gasteiger partial charge on any atom is 0.263 e. The molecule has 27 heavy (non-hydrogen) atoms. The van der Waals surface area contributed by atoms with Gasteiger partial charge in [-0.05, 0) is 48.5 Å². The number of halogens is 1. The smallest absolute Gasteiger partial charge is 0.263 e. The summed E-state index contributed by atoms with van der Waals surface area (Å²) in [5.74, 6) is 0. The van der Waals surface area contributed by atoms with Crippen LogP contribution in [0.4, 0.5) is 16.5 Å². The highest BCUT2D eigenvalue weighted by atomic mass is 35.5. The highest BCUT2D eigenvalue weighted by Gasteiger charge is 2.15. The Morgan fingerprint density at radius 3 is 2.52 bits per heavy atom. The van der Waals surface area contributed by atoms with Crippen LogP contribution < -0.4 is 10.0 Å². The van der Waals surface area contributed by atoms with E-state index in [1.165, 1.54) is 11.3 Å². The molecule has 0 aliphatic carbocycles. The molecule has 0 saturated carbocycles. The van der Waals surface area contributed by atoms with Gasteiger partial charge in [0.05, 0.1) is 10.4 Å². The first-order valence-corrected chi connectivity index (χ1v) is 10.6. The molecule has 2 aromatic carbocycles. The maximum absolute atomic E-state index is 12.4. The summed E-state index contributed by atoms with van der Waals surface area (Å²) in [5.41, 5.74) is 2.39. The molecular weight excluding hydrogens is 404 g/mol. The number of benzene rings is 2. The number of hydrogen-bond donors (Lipinski definition) is 2. The van der Waals surface area contributed by atoms with Crippen molar-refractivity contribution in [1.29, 1.82) is 0 Å². The molecule has 0 fully saturated rings. The summed E-state index contributed by atoms with van der Waals surface area (Å²) in [4.78, 5) is 8.41. The number of nitrogens with one attached hydrogen (secondary N) is 2. The zero-order chi connectivity index (χ0) is 18.9. The lowest BCUT2D eigenvalue weighted by atomic mass is 10.2. The highest BCUT2D eigenvalue weighted by molar-refractivity contribution is 7.93. The fraction of sp³-hybridized carbons (Fsp3) is 0. The number of thiazole rings is 1. The van der Waals surface area contributed by atoms with Gasteiger partial charge in [0, 0.05) is 39.6 Å². The van der Waals surface area contributed by atoms with Crippen molar-refractivity contribution < 1.29 is 8.42 Å². The highest BCUT2D eigenvalue weighted by Crippen LogP contribution is 2.28. The van der Waals surface area contributed by atoms with Crippen molar-refractivity contribution in [3.05, 3.63) is 71.3 Å². The third-order valence-electron chi connectivity index (χ3n) is 3.80. The number of sulfonamides is 1. The molecule has 0 atom stereocenters. The van der Waals surface area contributed by atoms with Gasteiger partial charge in [-0.25, -0.2) is 13.4 Å². The van der Waals surface area contributed by atoms with Crippen molar-refractivity contribution >= 4 is 60.4 Å². The first-order valence-electron chi connectivity index (χ1n) is 7.85. The van der Waals surface area contributed by atoms with Gasteiger partial charge in [0.1, 0.15) is 0 Å². The second-order valence-corrected chi connectivity index (χ2v) is 8.63. The van der Waals surface area contributed by atoms with Crippen molar-refractivity contribution in [1.82, 2.24) is 9.97 Å². The molecule has 2 aromatic heterocycles. The van der Waals surface area contributed by atoms with E-state index in [0.29, 0.717) is 10.2 Å². The van der Waals surface area contributed by atoms with E-state index in [-0.39, 0.29) is 4.90 Å². The second-order valence-electron chi connectivity index (χ2n) is 5.61. The van der Waals surface area contributed by atoms with Gasteiger partial charge in [-0.3, -0.25) is 9.71 Å². The van der Waals surface area contributed by atoms with Gasteiger partial charge in [0.15, 0.2) is 5.13 Å². The number of nitrogens with zero attached hydrogens (tertiary/aromatic N) is 2. The Bertz CT molecular complexity index is 1190. The van der Waals surface area contributed by atoms with Crippen LogP contribution >= 0.6 is 22.9 Å². The zero-order valence-electron chi connectivity index (χ0n) is 13.8. The molecule has 0 amide bonds. The minimum absolute atomic E-state index is 0.162. The molecule has 9 heteroatoms. The summed E-state index contributed by atoms with van der Waals surface area (Å²) in [6.07, 6.45) is 3.24. The topological polar surface area (TPSA) is 84.0 Å². The van der Waals surface area contributed by atoms with Crippen molar-refractivity contribution in [3.8, 4) is 0 Å². The molecule has 0 bridgehead atoms. The SMILES string of the molecule is O=S(=O)(Nc1nccs1)c1ccc(Nc2ccnc3cc(Cl)ccc23)cc1. The van der Waals surface area contributed by atoms with Crippen LogP contribution in [0.5, 0.6) is 0 Å². The van der Waals surface area contributed by atoms with Crippen LogP contribution in [0.1, 0.15) is 0 Å². The van der Waals surface area contributed by atoms with Crippen LogP contribution in [-0.4, -0.2) is 18.4 Å². The van der Waals surface area contributed by atoms with Gasteiger partial charge in [-0.2, -0.15) is 0 Å². The minimum atomic E-state index is -3.67. The van der Waals surface area contributed by atoms with E-state index in [9.17, 15) is 8.42 Å². The summed E-state index contributed by atoms with van der Waals surface area (Å²) in [5, 5.41) is 6.86. The van der Waals surface area contributed by atoms with Gasteiger partial charge < -0.3 is 5.32 Å². The number of hydrogen-bond acceptors (Lipinski definition) is 6. The minimum Gasteiger partial charge on any atom is -0.355 e. The molecule has 2 N–H and O–H groups in total. The number of aromatic nitrogens is 2. The standard InChI is InChI=1S/C18H13ClN4O2S2/c19-12-1-6-15-16(7-8-20-17(15)11-12)22-13-2-4-14(5-3-13)27(24,25)23-18-21-9-10-26-18/h1-11H,(H,20,22)(H,21,23). The van der Waals surface area contributed by atoms with Crippen LogP contribution in [0.3, 0.4) is 0 Å². The Morgan fingerprint density at radius 1 is 0.963 bits per heavy atom. The number of fused-ring (bicyclic) bond motifs is 1. The Kier molecular flexibility index (Phi) is 4.69. The molecule has 0 unspecified atom stereocenters. The Hall–Kier alpha value is -2.68. The summed E-state index contributed by atoms with van der Waals surface area (Å²) < 4.78 is 27.2. The summed E-state index contributed by atoms with van der Waals surface area (Å²) in [6.45, 7) is 0. The quantitative estimate of drug-likeness (QED) is 0.484. The van der Waals surface area contributed by atoms with Gasteiger partial charge in [-0.15, -0.1) is 11.3 Å². The Balaban J connectivity index is 1.58. The third-order valence-corrected chi connectivity index (χ3v) is 6.21. The summed E-state index contributed by atoms with van der Waals surface area (Å²) in [7, 11) is -3.67. The van der Waals surface area contributed by atoms with Crippen LogP contribution in [-0.2, 0) is 10.0 Å². The monoisotopic (exact) mass is 416 g/mol. The lowest BCUT2D eigenvalue weighted by Crippen LogP contribution is -2.12. The van der Waals surface area contributed by atoms with E-state index >= 15 is 0 Å². The van der Waals surface area contributed by atoms with E-state index in [4.69, 9.17) is 11.6 Å². The zero-order valence-corrected chi connectivity index (χ0v) is 16.1. The molecule has 0 aliphatic rings. The lowest BCUT2D eigenvalue weighted by molar-refractivity contribution is 0.601. The molecule has 4 aromatic rings. The van der Waals surface area contributed by atoms with Crippen molar-refractivity contribution in [2.75, 3.05) is 10.0 Å². The normalized spacial score (nSPS) is 11.4. The maximum atomic E-state index is 12.4. The molecule has 4 rings (SSSR count). The van der Waals surface area contributed by atoms with E-state index < -0.39 is 10.0 Å². The molecule has 6 nitrogen and oxygen atoms in total. The first-order chi connectivity index (χ1) is 13.0. The van der Waals surface area contributed by atoms with Crippen LogP contribution in [0.25, 0.3) is 10.9 Å². The average Bonchev–Trinajstić information content (AvgIpc) is 3.14. The predicted molar refractivity (Wildman–Crippen MR) is 109 cm³/mol. The fourth-order valence-electron chi connectivity index (χ4n) is 2.55. The van der Waals surface area contributed by atoms with Gasteiger partial charge in [-0.1, -0.05) is 11.6 Å².